The maximum absolute atomic E-state index is 12.9. The molecule has 0 N–H and O–H groups in total. The number of carbonyl (C=O) groups excluding carboxylic acids is 2. The molecule has 108 valence electrons. The largest absolute Gasteiger partial charge is 0.335 e. The molecule has 4 heteroatoms. The lowest BCUT2D eigenvalue weighted by Crippen LogP contribution is -2.41. The van der Waals surface area contributed by atoms with E-state index in [1.54, 1.807) is 11.8 Å². The van der Waals surface area contributed by atoms with Gasteiger partial charge in [0, 0.05) is 24.6 Å². The van der Waals surface area contributed by atoms with Crippen molar-refractivity contribution in [3.8, 4) is 0 Å². The number of likely N-dealkylation sites (tertiary alicyclic amines) is 1. The molecule has 0 radical (unpaired) electrons. The molecule has 2 rings (SSSR count). The molecule has 0 aliphatic carbocycles. The molecule has 1 saturated heterocycles. The van der Waals surface area contributed by atoms with Crippen LogP contribution in [0.4, 0.5) is 4.39 Å². The summed E-state index contributed by atoms with van der Waals surface area (Å²) in [5.41, 5.74) is 0.488. The number of Topliss-reactive ketones (excluding diaryl/α,β-unsaturated/α-hetero) is 1. The van der Waals surface area contributed by atoms with Gasteiger partial charge in [-0.1, -0.05) is 12.8 Å². The third-order valence-corrected chi connectivity index (χ3v) is 3.75. The van der Waals surface area contributed by atoms with Gasteiger partial charge in [0.1, 0.15) is 11.6 Å². The third kappa shape index (κ3) is 3.65. The second-order valence-electron chi connectivity index (χ2n) is 5.41. The summed E-state index contributed by atoms with van der Waals surface area (Å²) < 4.78 is 12.9. The number of amides is 1. The molecule has 1 heterocycles. The molecule has 1 aliphatic heterocycles. The second-order valence-corrected chi connectivity index (χ2v) is 5.41. The molecule has 0 bridgehead atoms. The molecule has 3 nitrogen and oxygen atoms in total. The number of hydrogen-bond donors (Lipinski definition) is 0. The Bertz CT molecular complexity index is 484. The van der Waals surface area contributed by atoms with E-state index in [1.165, 1.54) is 24.3 Å². The molecule has 0 saturated carbocycles. The van der Waals surface area contributed by atoms with E-state index in [2.05, 4.69) is 0 Å². The topological polar surface area (TPSA) is 37.4 Å². The van der Waals surface area contributed by atoms with Gasteiger partial charge in [0.05, 0.1) is 0 Å². The number of nitrogens with zero attached hydrogens (tertiary/aromatic N) is 1. The Morgan fingerprint density at radius 2 is 1.90 bits per heavy atom. The van der Waals surface area contributed by atoms with Gasteiger partial charge in [-0.25, -0.2) is 4.39 Å². The van der Waals surface area contributed by atoms with Crippen LogP contribution in [0.5, 0.6) is 0 Å². The van der Waals surface area contributed by atoms with Crippen molar-refractivity contribution in [2.75, 3.05) is 6.54 Å². The van der Waals surface area contributed by atoms with E-state index in [-0.39, 0.29) is 23.5 Å². The van der Waals surface area contributed by atoms with Crippen LogP contribution in [0.3, 0.4) is 0 Å². The average molecular weight is 277 g/mol. The fraction of sp³-hybridized carbons (Fsp3) is 0.500. The van der Waals surface area contributed by atoms with Gasteiger partial charge < -0.3 is 4.90 Å². The maximum Gasteiger partial charge on any atom is 0.254 e. The Morgan fingerprint density at radius 1 is 1.20 bits per heavy atom. The second kappa shape index (κ2) is 6.64. The monoisotopic (exact) mass is 277 g/mol. The summed E-state index contributed by atoms with van der Waals surface area (Å²) >= 11 is 0. The van der Waals surface area contributed by atoms with Crippen molar-refractivity contribution >= 4 is 11.7 Å². The van der Waals surface area contributed by atoms with Crippen molar-refractivity contribution in [3.05, 3.63) is 35.6 Å². The Balaban J connectivity index is 2.18. The van der Waals surface area contributed by atoms with Gasteiger partial charge in [0.2, 0.25) is 0 Å². The van der Waals surface area contributed by atoms with Crippen LogP contribution in [-0.4, -0.2) is 29.2 Å². The first-order valence-electron chi connectivity index (χ1n) is 7.14. The smallest absolute Gasteiger partial charge is 0.254 e. The molecular weight excluding hydrogens is 257 g/mol. The Labute approximate surface area is 118 Å². The van der Waals surface area contributed by atoms with Crippen LogP contribution in [0.1, 0.15) is 49.4 Å². The minimum atomic E-state index is -0.349. The van der Waals surface area contributed by atoms with Crippen molar-refractivity contribution in [1.29, 1.82) is 0 Å². The van der Waals surface area contributed by atoms with Gasteiger partial charge in [0.25, 0.3) is 5.91 Å². The maximum atomic E-state index is 12.9. The highest BCUT2D eigenvalue weighted by atomic mass is 19.1. The van der Waals surface area contributed by atoms with Crippen molar-refractivity contribution in [2.45, 2.75) is 45.1 Å². The van der Waals surface area contributed by atoms with Gasteiger partial charge in [-0.2, -0.15) is 0 Å². The van der Waals surface area contributed by atoms with Crippen LogP contribution < -0.4 is 0 Å². The van der Waals surface area contributed by atoms with Crippen LogP contribution >= 0.6 is 0 Å². The summed E-state index contributed by atoms with van der Waals surface area (Å²) in [7, 11) is 0. The molecule has 1 unspecified atom stereocenters. The summed E-state index contributed by atoms with van der Waals surface area (Å²) in [5, 5.41) is 0. The van der Waals surface area contributed by atoms with Crippen LogP contribution in [0.2, 0.25) is 0 Å². The zero-order valence-electron chi connectivity index (χ0n) is 11.8. The SMILES string of the molecule is CC(=O)CC1CCCCCN1C(=O)c1ccc(F)cc1. The molecule has 1 atom stereocenters. The number of rotatable bonds is 3. The van der Waals surface area contributed by atoms with Gasteiger partial charge in [-0.3, -0.25) is 9.59 Å². The number of ketones is 1. The third-order valence-electron chi connectivity index (χ3n) is 3.75. The van der Waals surface area contributed by atoms with Crippen molar-refractivity contribution in [2.24, 2.45) is 0 Å². The van der Waals surface area contributed by atoms with E-state index >= 15 is 0 Å². The van der Waals surface area contributed by atoms with E-state index in [9.17, 15) is 14.0 Å². The number of halogens is 1. The van der Waals surface area contributed by atoms with Crippen molar-refractivity contribution < 1.29 is 14.0 Å². The highest BCUT2D eigenvalue weighted by Gasteiger charge is 2.27. The molecule has 20 heavy (non-hydrogen) atoms. The number of benzene rings is 1. The van der Waals surface area contributed by atoms with E-state index in [0.29, 0.717) is 18.5 Å². The lowest BCUT2D eigenvalue weighted by Gasteiger charge is -2.29. The van der Waals surface area contributed by atoms with Crippen LogP contribution in [-0.2, 0) is 4.79 Å². The predicted molar refractivity (Wildman–Crippen MR) is 75.0 cm³/mol. The summed E-state index contributed by atoms with van der Waals surface area (Å²) in [6.07, 6.45) is 4.37. The number of carbonyl (C=O) groups is 2. The first-order valence-corrected chi connectivity index (χ1v) is 7.14. The van der Waals surface area contributed by atoms with Gasteiger partial charge >= 0.3 is 0 Å². The standard InChI is InChI=1S/C16H20FNO2/c1-12(19)11-15-5-3-2-4-10-18(15)16(20)13-6-8-14(17)9-7-13/h6-9,15H,2-5,10-11H2,1H3. The van der Waals surface area contributed by atoms with Crippen LogP contribution in [0.25, 0.3) is 0 Å². The zero-order chi connectivity index (χ0) is 14.5. The van der Waals surface area contributed by atoms with Crippen LogP contribution in [0.15, 0.2) is 24.3 Å². The highest BCUT2D eigenvalue weighted by molar-refractivity contribution is 5.94. The Morgan fingerprint density at radius 3 is 2.55 bits per heavy atom. The lowest BCUT2D eigenvalue weighted by atomic mass is 10.0. The van der Waals surface area contributed by atoms with Gasteiger partial charge in [0.15, 0.2) is 0 Å². The normalized spacial score (nSPS) is 19.5. The van der Waals surface area contributed by atoms with Crippen LogP contribution in [0, 0.1) is 5.82 Å². The zero-order valence-corrected chi connectivity index (χ0v) is 11.8. The highest BCUT2D eigenvalue weighted by Crippen LogP contribution is 2.22. The minimum absolute atomic E-state index is 0.0208. The summed E-state index contributed by atoms with van der Waals surface area (Å²) in [6.45, 7) is 2.24. The molecule has 1 fully saturated rings. The molecule has 1 aromatic rings. The fourth-order valence-electron chi connectivity index (χ4n) is 2.75. The molecule has 1 aromatic carbocycles. The quantitative estimate of drug-likeness (QED) is 0.851. The molecule has 1 aliphatic rings. The molecule has 1 amide bonds. The van der Waals surface area contributed by atoms with Crippen molar-refractivity contribution in [1.82, 2.24) is 4.90 Å². The summed E-state index contributed by atoms with van der Waals surface area (Å²) in [5.74, 6) is -0.343. The van der Waals surface area contributed by atoms with Gasteiger partial charge in [-0.15, -0.1) is 0 Å². The average Bonchev–Trinajstić information content (AvgIpc) is 2.63. The molecular formula is C16H20FNO2. The predicted octanol–water partition coefficient (Wildman–Crippen LogP) is 3.19. The van der Waals surface area contributed by atoms with E-state index in [4.69, 9.17) is 0 Å². The summed E-state index contributed by atoms with van der Waals surface area (Å²) in [6, 6.07) is 5.59. The first-order chi connectivity index (χ1) is 9.58. The van der Waals surface area contributed by atoms with Crippen molar-refractivity contribution in [3.63, 3.8) is 0 Å². The molecule has 0 aromatic heterocycles. The Kier molecular flexibility index (Phi) is 4.88. The fourth-order valence-corrected chi connectivity index (χ4v) is 2.75. The number of hydrogen-bond acceptors (Lipinski definition) is 2. The molecule has 0 spiro atoms. The minimum Gasteiger partial charge on any atom is -0.335 e. The first kappa shape index (κ1) is 14.7. The van der Waals surface area contributed by atoms with E-state index < -0.39 is 0 Å². The summed E-state index contributed by atoms with van der Waals surface area (Å²) in [4.78, 5) is 25.7. The lowest BCUT2D eigenvalue weighted by molar-refractivity contribution is -0.118. The van der Waals surface area contributed by atoms with E-state index in [1.807, 2.05) is 0 Å². The van der Waals surface area contributed by atoms with Gasteiger partial charge in [-0.05, 0) is 44.0 Å². The van der Waals surface area contributed by atoms with E-state index in [0.717, 1.165) is 25.7 Å². The Hall–Kier alpha value is -1.71.